The second-order valence-electron chi connectivity index (χ2n) is 4.42. The van der Waals surface area contributed by atoms with Crippen molar-refractivity contribution in [3.8, 4) is 5.75 Å². The van der Waals surface area contributed by atoms with Gasteiger partial charge in [-0.3, -0.25) is 0 Å². The van der Waals surface area contributed by atoms with E-state index >= 15 is 0 Å². The zero-order chi connectivity index (χ0) is 13.2. The van der Waals surface area contributed by atoms with E-state index in [1.54, 1.807) is 7.11 Å². The molecule has 1 aliphatic heterocycles. The van der Waals surface area contributed by atoms with Gasteiger partial charge >= 0.3 is 0 Å². The normalized spacial score (nSPS) is 18.2. The molecule has 1 unspecified atom stereocenters. The highest BCUT2D eigenvalue weighted by molar-refractivity contribution is 6.17. The van der Waals surface area contributed by atoms with E-state index in [-0.39, 0.29) is 12.4 Å². The van der Waals surface area contributed by atoms with E-state index in [2.05, 4.69) is 11.8 Å². The van der Waals surface area contributed by atoms with Gasteiger partial charge < -0.3 is 9.64 Å². The van der Waals surface area contributed by atoms with Crippen LogP contribution >= 0.6 is 24.0 Å². The molecule has 1 aromatic carbocycles. The molecule has 0 radical (unpaired) electrons. The third-order valence-electron chi connectivity index (χ3n) is 3.33. The average Bonchev–Trinajstić information content (AvgIpc) is 2.88. The van der Waals surface area contributed by atoms with Crippen molar-refractivity contribution in [2.24, 2.45) is 0 Å². The summed E-state index contributed by atoms with van der Waals surface area (Å²) in [5.41, 5.74) is 0. The van der Waals surface area contributed by atoms with Crippen molar-refractivity contribution >= 4 is 24.0 Å². The summed E-state index contributed by atoms with van der Waals surface area (Å²) in [7, 11) is 1.66. The lowest BCUT2D eigenvalue weighted by atomic mass is 10.2. The second kappa shape index (κ2) is 11.4. The van der Waals surface area contributed by atoms with Gasteiger partial charge in [0.2, 0.25) is 0 Å². The van der Waals surface area contributed by atoms with Crippen LogP contribution in [-0.4, -0.2) is 37.0 Å². The molecule has 0 spiro atoms. The summed E-state index contributed by atoms with van der Waals surface area (Å²) in [5.74, 6) is 1.73. The molecule has 2 rings (SSSR count). The number of para-hydroxylation sites is 1. The molecule has 19 heavy (non-hydrogen) atoms. The number of benzene rings is 1. The minimum atomic E-state index is 0. The van der Waals surface area contributed by atoms with Crippen LogP contribution in [-0.2, 0) is 0 Å². The van der Waals surface area contributed by atoms with Crippen LogP contribution in [0.4, 0.5) is 0 Å². The summed E-state index contributed by atoms with van der Waals surface area (Å²) >= 11 is 5.68. The van der Waals surface area contributed by atoms with Gasteiger partial charge in [-0.15, -0.1) is 24.0 Å². The number of likely N-dealkylation sites (tertiary alicyclic amines) is 1. The smallest absolute Gasteiger partial charge is 0.118 e. The third-order valence-corrected chi connectivity index (χ3v) is 3.54. The molecular formula is C15H25Cl2NO. The van der Waals surface area contributed by atoms with Crippen molar-refractivity contribution in [1.82, 2.24) is 4.90 Å². The summed E-state index contributed by atoms with van der Waals surface area (Å²) in [4.78, 5) is 2.53. The zero-order valence-electron chi connectivity index (χ0n) is 11.8. The molecule has 1 fully saturated rings. The summed E-state index contributed by atoms with van der Waals surface area (Å²) < 4.78 is 4.91. The zero-order valence-corrected chi connectivity index (χ0v) is 13.4. The van der Waals surface area contributed by atoms with Crippen LogP contribution in [0.1, 0.15) is 26.2 Å². The molecule has 0 aromatic heterocycles. The van der Waals surface area contributed by atoms with Gasteiger partial charge in [-0.1, -0.05) is 25.1 Å². The number of hydrogen-bond acceptors (Lipinski definition) is 2. The SMILES string of the molecule is CCN1CCCC1CCCl.COc1ccccc1.Cl. The van der Waals surface area contributed by atoms with E-state index in [0.29, 0.717) is 0 Å². The van der Waals surface area contributed by atoms with Crippen LogP contribution in [0.5, 0.6) is 5.75 Å². The minimum absolute atomic E-state index is 0. The van der Waals surface area contributed by atoms with Crippen molar-refractivity contribution in [2.45, 2.75) is 32.2 Å². The fourth-order valence-electron chi connectivity index (χ4n) is 2.32. The quantitative estimate of drug-likeness (QED) is 0.772. The van der Waals surface area contributed by atoms with Gasteiger partial charge in [-0.05, 0) is 44.5 Å². The van der Waals surface area contributed by atoms with Gasteiger partial charge in [0.1, 0.15) is 5.75 Å². The first-order valence-corrected chi connectivity index (χ1v) is 7.24. The Morgan fingerprint density at radius 1 is 1.32 bits per heavy atom. The van der Waals surface area contributed by atoms with Crippen molar-refractivity contribution in [3.63, 3.8) is 0 Å². The van der Waals surface area contributed by atoms with Crippen LogP contribution in [0.15, 0.2) is 30.3 Å². The Kier molecular flexibility index (Phi) is 11.1. The van der Waals surface area contributed by atoms with Crippen LogP contribution in [0.3, 0.4) is 0 Å². The highest BCUT2D eigenvalue weighted by Crippen LogP contribution is 2.19. The minimum Gasteiger partial charge on any atom is -0.497 e. The molecule has 1 aromatic rings. The summed E-state index contributed by atoms with van der Waals surface area (Å²) in [5, 5.41) is 0. The molecule has 4 heteroatoms. The van der Waals surface area contributed by atoms with Crippen LogP contribution < -0.4 is 4.74 Å². The Balaban J connectivity index is 0.000000331. The van der Waals surface area contributed by atoms with Crippen LogP contribution in [0.25, 0.3) is 0 Å². The Labute approximate surface area is 128 Å². The van der Waals surface area contributed by atoms with Crippen molar-refractivity contribution in [1.29, 1.82) is 0 Å². The lowest BCUT2D eigenvalue weighted by Gasteiger charge is -2.21. The number of rotatable bonds is 4. The van der Waals surface area contributed by atoms with E-state index in [9.17, 15) is 0 Å². The largest absolute Gasteiger partial charge is 0.497 e. The van der Waals surface area contributed by atoms with Gasteiger partial charge in [-0.2, -0.15) is 0 Å². The van der Waals surface area contributed by atoms with Crippen molar-refractivity contribution < 1.29 is 4.74 Å². The first-order valence-electron chi connectivity index (χ1n) is 6.70. The molecule has 110 valence electrons. The predicted octanol–water partition coefficient (Wildman–Crippen LogP) is 4.22. The lowest BCUT2D eigenvalue weighted by Crippen LogP contribution is -2.29. The van der Waals surface area contributed by atoms with Gasteiger partial charge in [-0.25, -0.2) is 0 Å². The molecule has 0 N–H and O–H groups in total. The Morgan fingerprint density at radius 3 is 2.47 bits per heavy atom. The number of hydrogen-bond donors (Lipinski definition) is 0. The monoisotopic (exact) mass is 305 g/mol. The first kappa shape index (κ1) is 18.6. The molecule has 1 saturated heterocycles. The predicted molar refractivity (Wildman–Crippen MR) is 85.8 cm³/mol. The fourth-order valence-corrected chi connectivity index (χ4v) is 2.57. The maximum Gasteiger partial charge on any atom is 0.118 e. The molecule has 0 aliphatic carbocycles. The lowest BCUT2D eigenvalue weighted by molar-refractivity contribution is 0.262. The average molecular weight is 306 g/mol. The van der Waals surface area contributed by atoms with Gasteiger partial charge in [0.15, 0.2) is 0 Å². The highest BCUT2D eigenvalue weighted by Gasteiger charge is 2.21. The summed E-state index contributed by atoms with van der Waals surface area (Å²) in [6.45, 7) is 4.71. The topological polar surface area (TPSA) is 12.5 Å². The van der Waals surface area contributed by atoms with E-state index in [0.717, 1.165) is 17.7 Å². The second-order valence-corrected chi connectivity index (χ2v) is 4.80. The molecular weight excluding hydrogens is 281 g/mol. The number of nitrogens with zero attached hydrogens (tertiary/aromatic N) is 1. The highest BCUT2D eigenvalue weighted by atomic mass is 35.5. The van der Waals surface area contributed by atoms with Gasteiger partial charge in [0.25, 0.3) is 0 Å². The first-order chi connectivity index (χ1) is 8.81. The molecule has 1 atom stereocenters. The molecule has 0 bridgehead atoms. The van der Waals surface area contributed by atoms with E-state index in [1.165, 1.54) is 32.4 Å². The maximum atomic E-state index is 5.68. The van der Waals surface area contributed by atoms with E-state index in [1.807, 2.05) is 30.3 Å². The number of ether oxygens (including phenoxy) is 1. The van der Waals surface area contributed by atoms with E-state index < -0.39 is 0 Å². The molecule has 0 saturated carbocycles. The van der Waals surface area contributed by atoms with Crippen LogP contribution in [0, 0.1) is 0 Å². The van der Waals surface area contributed by atoms with Crippen molar-refractivity contribution in [2.75, 3.05) is 26.1 Å². The molecule has 1 aliphatic rings. The van der Waals surface area contributed by atoms with Gasteiger partial charge in [0.05, 0.1) is 7.11 Å². The Hall–Kier alpha value is -0.440. The Bertz CT molecular complexity index is 308. The fraction of sp³-hybridized carbons (Fsp3) is 0.600. The summed E-state index contributed by atoms with van der Waals surface area (Å²) in [6, 6.07) is 10.5. The number of alkyl halides is 1. The summed E-state index contributed by atoms with van der Waals surface area (Å²) in [6.07, 6.45) is 3.91. The van der Waals surface area contributed by atoms with Crippen LogP contribution in [0.2, 0.25) is 0 Å². The molecule has 0 amide bonds. The molecule has 1 heterocycles. The third kappa shape index (κ3) is 7.05. The standard InChI is InChI=1S/C8H16ClN.C7H8O.ClH/c1-2-10-7-3-4-8(10)5-6-9;1-8-7-5-3-2-4-6-7;/h8H,2-7H2,1H3;2-6H,1H3;1H. The maximum absolute atomic E-state index is 5.68. The Morgan fingerprint density at radius 2 is 2.00 bits per heavy atom. The molecule has 2 nitrogen and oxygen atoms in total. The van der Waals surface area contributed by atoms with Crippen molar-refractivity contribution in [3.05, 3.63) is 30.3 Å². The van der Waals surface area contributed by atoms with E-state index in [4.69, 9.17) is 16.3 Å². The number of halogens is 2. The number of methoxy groups -OCH3 is 1. The van der Waals surface area contributed by atoms with Gasteiger partial charge in [0, 0.05) is 11.9 Å².